The standard InChI is InChI=1S/C26H23ClF3N3OS/c27-21-8-4-5-9-22(21)33-23(16-24(31)26(28,29)30)19-10-12-20(13-11-19)25(34)32-14-15-35-17-18-6-2-1-3-7-18/h1-13,16H,14-15,17,31H2,(H,32,34)/b24-16-,33-23?. The summed E-state index contributed by atoms with van der Waals surface area (Å²) >= 11 is 7.83. The Labute approximate surface area is 211 Å². The Balaban J connectivity index is 1.68. The maximum absolute atomic E-state index is 13.1. The van der Waals surface area contributed by atoms with E-state index in [9.17, 15) is 18.0 Å². The summed E-state index contributed by atoms with van der Waals surface area (Å²) in [5.41, 5.74) is 6.16. The second kappa shape index (κ2) is 12.5. The molecular formula is C26H23ClF3N3OS. The van der Waals surface area contributed by atoms with Gasteiger partial charge >= 0.3 is 6.18 Å². The van der Waals surface area contributed by atoms with Gasteiger partial charge in [0.2, 0.25) is 0 Å². The summed E-state index contributed by atoms with van der Waals surface area (Å²) in [5.74, 6) is 1.33. The van der Waals surface area contributed by atoms with Gasteiger partial charge in [-0.1, -0.05) is 66.2 Å². The van der Waals surface area contributed by atoms with Crippen molar-refractivity contribution in [3.05, 3.63) is 112 Å². The smallest absolute Gasteiger partial charge is 0.395 e. The summed E-state index contributed by atoms with van der Waals surface area (Å²) in [4.78, 5) is 16.7. The molecule has 3 aromatic rings. The number of benzene rings is 3. The van der Waals surface area contributed by atoms with Gasteiger partial charge in [0.05, 0.1) is 16.4 Å². The quantitative estimate of drug-likeness (QED) is 0.250. The molecule has 0 heterocycles. The van der Waals surface area contributed by atoms with Crippen molar-refractivity contribution < 1.29 is 18.0 Å². The number of para-hydroxylation sites is 1. The minimum atomic E-state index is -4.71. The van der Waals surface area contributed by atoms with Crippen LogP contribution in [0.5, 0.6) is 0 Å². The van der Waals surface area contributed by atoms with Crippen LogP contribution in [0, 0.1) is 0 Å². The number of nitrogens with two attached hydrogens (primary N) is 1. The summed E-state index contributed by atoms with van der Waals surface area (Å²) < 4.78 is 39.2. The highest BCUT2D eigenvalue weighted by atomic mass is 35.5. The van der Waals surface area contributed by atoms with E-state index in [1.165, 1.54) is 29.8 Å². The normalized spacial score (nSPS) is 12.5. The van der Waals surface area contributed by atoms with Crippen molar-refractivity contribution in [2.45, 2.75) is 11.9 Å². The van der Waals surface area contributed by atoms with Crippen LogP contribution in [0.2, 0.25) is 5.02 Å². The molecule has 0 atom stereocenters. The zero-order valence-corrected chi connectivity index (χ0v) is 20.1. The Morgan fingerprint density at radius 1 is 0.971 bits per heavy atom. The molecule has 0 aromatic heterocycles. The minimum Gasteiger partial charge on any atom is -0.395 e. The van der Waals surface area contributed by atoms with Crippen molar-refractivity contribution in [1.29, 1.82) is 0 Å². The van der Waals surface area contributed by atoms with E-state index in [-0.39, 0.29) is 16.6 Å². The van der Waals surface area contributed by atoms with Gasteiger partial charge in [-0.3, -0.25) is 4.79 Å². The molecule has 0 fully saturated rings. The molecule has 35 heavy (non-hydrogen) atoms. The molecule has 3 rings (SSSR count). The van der Waals surface area contributed by atoms with E-state index in [0.717, 1.165) is 17.6 Å². The Bertz CT molecular complexity index is 1200. The fourth-order valence-corrected chi connectivity index (χ4v) is 3.97. The zero-order chi connectivity index (χ0) is 25.3. The second-order valence-corrected chi connectivity index (χ2v) is 8.93. The van der Waals surface area contributed by atoms with Crippen LogP contribution in [0.25, 0.3) is 0 Å². The number of amides is 1. The lowest BCUT2D eigenvalue weighted by Gasteiger charge is -2.10. The predicted molar refractivity (Wildman–Crippen MR) is 137 cm³/mol. The van der Waals surface area contributed by atoms with E-state index in [0.29, 0.717) is 23.4 Å². The van der Waals surface area contributed by atoms with Crippen LogP contribution in [0.15, 0.2) is 95.6 Å². The Hall–Kier alpha value is -3.23. The first-order valence-corrected chi connectivity index (χ1v) is 12.1. The fourth-order valence-electron chi connectivity index (χ4n) is 2.98. The van der Waals surface area contributed by atoms with Gasteiger partial charge in [-0.2, -0.15) is 24.9 Å². The SMILES string of the molecule is N/C(=C\C(=Nc1ccccc1Cl)c1ccc(C(=O)NCCSCc2ccccc2)cc1)C(F)(F)F. The maximum Gasteiger partial charge on any atom is 0.430 e. The molecule has 0 saturated heterocycles. The molecule has 182 valence electrons. The summed E-state index contributed by atoms with van der Waals surface area (Å²) in [5, 5.41) is 3.13. The number of allylic oxidation sites excluding steroid dienone is 2. The number of nitrogens with one attached hydrogen (secondary N) is 1. The number of hydrogen-bond acceptors (Lipinski definition) is 4. The van der Waals surface area contributed by atoms with Crippen molar-refractivity contribution in [1.82, 2.24) is 5.32 Å². The Morgan fingerprint density at radius 3 is 2.26 bits per heavy atom. The number of alkyl halides is 3. The first kappa shape index (κ1) is 26.4. The number of nitrogens with zero attached hydrogens (tertiary/aromatic N) is 1. The van der Waals surface area contributed by atoms with E-state index in [1.807, 2.05) is 30.3 Å². The lowest BCUT2D eigenvalue weighted by atomic mass is 10.1. The molecule has 0 unspecified atom stereocenters. The first-order chi connectivity index (χ1) is 16.7. The van der Waals surface area contributed by atoms with Gasteiger partial charge in [0.1, 0.15) is 5.70 Å². The lowest BCUT2D eigenvalue weighted by molar-refractivity contribution is -0.0925. The average Bonchev–Trinajstić information content (AvgIpc) is 2.84. The van der Waals surface area contributed by atoms with E-state index < -0.39 is 11.9 Å². The van der Waals surface area contributed by atoms with Gasteiger partial charge in [0.15, 0.2) is 0 Å². The zero-order valence-electron chi connectivity index (χ0n) is 18.6. The van der Waals surface area contributed by atoms with E-state index in [4.69, 9.17) is 17.3 Å². The molecular weight excluding hydrogens is 495 g/mol. The van der Waals surface area contributed by atoms with Crippen LogP contribution in [0.4, 0.5) is 18.9 Å². The van der Waals surface area contributed by atoms with Crippen molar-refractivity contribution >= 4 is 40.7 Å². The Morgan fingerprint density at radius 2 is 1.60 bits per heavy atom. The average molecular weight is 518 g/mol. The van der Waals surface area contributed by atoms with Gasteiger partial charge in [-0.05, 0) is 35.9 Å². The molecule has 3 aromatic carbocycles. The predicted octanol–water partition coefficient (Wildman–Crippen LogP) is 6.53. The van der Waals surface area contributed by atoms with Crippen LogP contribution in [-0.2, 0) is 5.75 Å². The summed E-state index contributed by atoms with van der Waals surface area (Å²) in [7, 11) is 0. The molecule has 0 aliphatic heterocycles. The highest BCUT2D eigenvalue weighted by Crippen LogP contribution is 2.27. The number of carbonyl (C=O) groups is 1. The van der Waals surface area contributed by atoms with E-state index in [2.05, 4.69) is 10.3 Å². The van der Waals surface area contributed by atoms with Crippen LogP contribution in [-0.4, -0.2) is 30.1 Å². The first-order valence-electron chi connectivity index (χ1n) is 10.6. The third-order valence-electron chi connectivity index (χ3n) is 4.80. The summed E-state index contributed by atoms with van der Waals surface area (Å²) in [6.45, 7) is 0.488. The lowest BCUT2D eigenvalue weighted by Crippen LogP contribution is -2.25. The molecule has 0 aliphatic carbocycles. The molecule has 0 radical (unpaired) electrons. The van der Waals surface area contributed by atoms with Crippen LogP contribution < -0.4 is 11.1 Å². The molecule has 4 nitrogen and oxygen atoms in total. The monoisotopic (exact) mass is 517 g/mol. The number of carbonyl (C=O) groups excluding carboxylic acids is 1. The number of rotatable bonds is 9. The number of halogens is 4. The van der Waals surface area contributed by atoms with Gasteiger partial charge in [0.25, 0.3) is 5.91 Å². The highest BCUT2D eigenvalue weighted by Gasteiger charge is 2.31. The molecule has 0 aliphatic rings. The molecule has 0 spiro atoms. The molecule has 0 bridgehead atoms. The topological polar surface area (TPSA) is 67.5 Å². The van der Waals surface area contributed by atoms with Crippen molar-refractivity contribution in [3.63, 3.8) is 0 Å². The van der Waals surface area contributed by atoms with Crippen LogP contribution in [0.3, 0.4) is 0 Å². The summed E-state index contributed by atoms with van der Waals surface area (Å²) in [6.07, 6.45) is -3.96. The molecule has 9 heteroatoms. The van der Waals surface area contributed by atoms with Crippen molar-refractivity contribution in [2.24, 2.45) is 10.7 Å². The summed E-state index contributed by atoms with van der Waals surface area (Å²) in [6, 6.07) is 22.7. The Kier molecular flexibility index (Phi) is 9.39. The van der Waals surface area contributed by atoms with Crippen molar-refractivity contribution in [2.75, 3.05) is 12.3 Å². The van der Waals surface area contributed by atoms with E-state index >= 15 is 0 Å². The number of hydrogen-bond donors (Lipinski definition) is 2. The third-order valence-corrected chi connectivity index (χ3v) is 6.15. The highest BCUT2D eigenvalue weighted by molar-refractivity contribution is 7.98. The van der Waals surface area contributed by atoms with Crippen LogP contribution in [0.1, 0.15) is 21.5 Å². The molecule has 1 amide bonds. The third kappa shape index (κ3) is 8.19. The molecule has 3 N–H and O–H groups in total. The van der Waals surface area contributed by atoms with Gasteiger partial charge in [-0.15, -0.1) is 0 Å². The second-order valence-electron chi connectivity index (χ2n) is 7.42. The van der Waals surface area contributed by atoms with Gasteiger partial charge in [0, 0.05) is 29.2 Å². The largest absolute Gasteiger partial charge is 0.430 e. The number of aliphatic imine (C=N–C) groups is 1. The van der Waals surface area contributed by atoms with Crippen molar-refractivity contribution in [3.8, 4) is 0 Å². The number of thioether (sulfide) groups is 1. The van der Waals surface area contributed by atoms with Gasteiger partial charge < -0.3 is 11.1 Å². The minimum absolute atomic E-state index is 0.0304. The van der Waals surface area contributed by atoms with E-state index in [1.54, 1.807) is 36.0 Å². The van der Waals surface area contributed by atoms with Crippen LogP contribution >= 0.6 is 23.4 Å². The fraction of sp³-hybridized carbons (Fsp3) is 0.154. The maximum atomic E-state index is 13.1. The van der Waals surface area contributed by atoms with Gasteiger partial charge in [-0.25, -0.2) is 4.99 Å². The molecule has 0 saturated carbocycles.